The first-order chi connectivity index (χ1) is 8.61. The van der Waals surface area contributed by atoms with E-state index in [1.807, 2.05) is 0 Å². The minimum atomic E-state index is 0.221. The van der Waals surface area contributed by atoms with Crippen molar-refractivity contribution in [2.45, 2.75) is 59.2 Å². The summed E-state index contributed by atoms with van der Waals surface area (Å²) in [5, 5.41) is 3.63. The van der Waals surface area contributed by atoms with E-state index in [1.165, 1.54) is 13.1 Å². The lowest BCUT2D eigenvalue weighted by molar-refractivity contribution is 0.174. The second-order valence-corrected chi connectivity index (χ2v) is 7.81. The van der Waals surface area contributed by atoms with Crippen LogP contribution in [0.5, 0.6) is 0 Å². The maximum absolute atomic E-state index is 3.63. The lowest BCUT2D eigenvalue weighted by Crippen LogP contribution is -2.45. The fourth-order valence-electron chi connectivity index (χ4n) is 2.99. The fourth-order valence-corrected chi connectivity index (χ4v) is 2.99. The maximum Gasteiger partial charge on any atom is 0.0254 e. The van der Waals surface area contributed by atoms with Gasteiger partial charge in [-0.05, 0) is 60.2 Å². The molecule has 1 saturated heterocycles. The summed E-state index contributed by atoms with van der Waals surface area (Å²) in [6.45, 7) is 17.4. The Morgan fingerprint density at radius 2 is 1.79 bits per heavy atom. The van der Waals surface area contributed by atoms with Gasteiger partial charge < -0.3 is 10.2 Å². The molecule has 0 bridgehead atoms. The van der Waals surface area contributed by atoms with Crippen molar-refractivity contribution >= 4 is 0 Å². The normalized spacial score (nSPS) is 28.9. The van der Waals surface area contributed by atoms with E-state index >= 15 is 0 Å². The third kappa shape index (κ3) is 5.05. The fraction of sp³-hybridized carbons (Fsp3) is 1.00. The highest BCUT2D eigenvalue weighted by molar-refractivity contribution is 4.90. The molecule has 0 spiro atoms. The Hall–Kier alpha value is -0.120. The molecule has 0 amide bonds. The van der Waals surface area contributed by atoms with E-state index in [0.29, 0.717) is 18.0 Å². The summed E-state index contributed by atoms with van der Waals surface area (Å²) in [6.07, 6.45) is 0. The van der Waals surface area contributed by atoms with Crippen LogP contribution in [-0.4, -0.2) is 61.2 Å². The van der Waals surface area contributed by atoms with Gasteiger partial charge in [-0.1, -0.05) is 13.8 Å². The SMILES string of the molecule is CC1CN(C(C)C(C)CNC(C)(C)C)CC1N(C)C. The van der Waals surface area contributed by atoms with Crippen LogP contribution in [0, 0.1) is 11.8 Å². The molecule has 4 atom stereocenters. The zero-order valence-corrected chi connectivity index (χ0v) is 14.3. The Morgan fingerprint density at radius 3 is 2.21 bits per heavy atom. The molecule has 1 rings (SSSR count). The average molecular weight is 269 g/mol. The van der Waals surface area contributed by atoms with Gasteiger partial charge in [-0.25, -0.2) is 0 Å². The van der Waals surface area contributed by atoms with E-state index in [1.54, 1.807) is 0 Å². The van der Waals surface area contributed by atoms with Gasteiger partial charge in [-0.3, -0.25) is 4.90 Å². The molecular weight excluding hydrogens is 234 g/mol. The van der Waals surface area contributed by atoms with Crippen LogP contribution in [0.3, 0.4) is 0 Å². The van der Waals surface area contributed by atoms with Crippen molar-refractivity contribution < 1.29 is 0 Å². The molecule has 1 N–H and O–H groups in total. The number of nitrogens with one attached hydrogen (secondary N) is 1. The second-order valence-electron chi connectivity index (χ2n) is 7.81. The van der Waals surface area contributed by atoms with E-state index < -0.39 is 0 Å². The summed E-state index contributed by atoms with van der Waals surface area (Å²) in [6, 6.07) is 1.37. The smallest absolute Gasteiger partial charge is 0.0254 e. The zero-order chi connectivity index (χ0) is 14.8. The molecule has 0 aliphatic carbocycles. The monoisotopic (exact) mass is 269 g/mol. The van der Waals surface area contributed by atoms with Crippen LogP contribution >= 0.6 is 0 Å². The largest absolute Gasteiger partial charge is 0.312 e. The van der Waals surface area contributed by atoms with Crippen molar-refractivity contribution in [3.8, 4) is 0 Å². The van der Waals surface area contributed by atoms with Crippen molar-refractivity contribution in [3.63, 3.8) is 0 Å². The predicted octanol–water partition coefficient (Wildman–Crippen LogP) is 2.28. The molecule has 4 unspecified atom stereocenters. The van der Waals surface area contributed by atoms with Gasteiger partial charge >= 0.3 is 0 Å². The minimum Gasteiger partial charge on any atom is -0.312 e. The van der Waals surface area contributed by atoms with Gasteiger partial charge in [-0.15, -0.1) is 0 Å². The summed E-state index contributed by atoms with van der Waals surface area (Å²) in [7, 11) is 4.42. The summed E-state index contributed by atoms with van der Waals surface area (Å²) >= 11 is 0. The summed E-state index contributed by atoms with van der Waals surface area (Å²) in [5.41, 5.74) is 0.221. The third-order valence-electron chi connectivity index (χ3n) is 4.62. The summed E-state index contributed by atoms with van der Waals surface area (Å²) in [4.78, 5) is 5.06. The first kappa shape index (κ1) is 16.9. The van der Waals surface area contributed by atoms with Crippen LogP contribution < -0.4 is 5.32 Å². The second kappa shape index (κ2) is 6.55. The maximum atomic E-state index is 3.63. The van der Waals surface area contributed by atoms with E-state index in [2.05, 4.69) is 70.8 Å². The predicted molar refractivity (Wildman–Crippen MR) is 84.6 cm³/mol. The van der Waals surface area contributed by atoms with Crippen LogP contribution in [0.1, 0.15) is 41.5 Å². The van der Waals surface area contributed by atoms with Crippen LogP contribution in [0.4, 0.5) is 0 Å². The molecule has 1 fully saturated rings. The minimum absolute atomic E-state index is 0.221. The lowest BCUT2D eigenvalue weighted by atomic mass is 10.00. The molecular formula is C16H35N3. The molecule has 3 heteroatoms. The van der Waals surface area contributed by atoms with Crippen LogP contribution in [-0.2, 0) is 0 Å². The van der Waals surface area contributed by atoms with Crippen molar-refractivity contribution in [3.05, 3.63) is 0 Å². The van der Waals surface area contributed by atoms with E-state index in [9.17, 15) is 0 Å². The molecule has 1 aliphatic heterocycles. The quantitative estimate of drug-likeness (QED) is 0.826. The van der Waals surface area contributed by atoms with Gasteiger partial charge in [0, 0.05) is 30.7 Å². The average Bonchev–Trinajstić information content (AvgIpc) is 2.66. The number of hydrogen-bond donors (Lipinski definition) is 1. The van der Waals surface area contributed by atoms with Crippen molar-refractivity contribution in [2.75, 3.05) is 33.7 Å². The highest BCUT2D eigenvalue weighted by Gasteiger charge is 2.34. The molecule has 0 aromatic heterocycles. The van der Waals surface area contributed by atoms with Crippen molar-refractivity contribution in [1.82, 2.24) is 15.1 Å². The Bertz CT molecular complexity index is 270. The van der Waals surface area contributed by atoms with E-state index in [4.69, 9.17) is 0 Å². The lowest BCUT2D eigenvalue weighted by Gasteiger charge is -2.32. The van der Waals surface area contributed by atoms with E-state index in [0.717, 1.165) is 12.5 Å². The molecule has 19 heavy (non-hydrogen) atoms. The van der Waals surface area contributed by atoms with Crippen LogP contribution in [0.25, 0.3) is 0 Å². The highest BCUT2D eigenvalue weighted by atomic mass is 15.3. The Balaban J connectivity index is 2.47. The standard InChI is InChI=1S/C16H35N3/c1-12(9-17-16(4,5)6)14(3)19-10-13(2)15(11-19)18(7)8/h12-15,17H,9-11H2,1-8H3. The van der Waals surface area contributed by atoms with Gasteiger partial charge in [0.1, 0.15) is 0 Å². The first-order valence-corrected chi connectivity index (χ1v) is 7.77. The molecule has 114 valence electrons. The van der Waals surface area contributed by atoms with Gasteiger partial charge in [0.15, 0.2) is 0 Å². The van der Waals surface area contributed by atoms with Gasteiger partial charge in [0.2, 0.25) is 0 Å². The molecule has 0 aromatic carbocycles. The highest BCUT2D eigenvalue weighted by Crippen LogP contribution is 2.24. The Labute approximate surface area is 120 Å². The third-order valence-corrected chi connectivity index (χ3v) is 4.62. The molecule has 1 aliphatic rings. The zero-order valence-electron chi connectivity index (χ0n) is 14.3. The topological polar surface area (TPSA) is 18.5 Å². The van der Waals surface area contributed by atoms with Gasteiger partial charge in [0.05, 0.1) is 0 Å². The number of likely N-dealkylation sites (tertiary alicyclic amines) is 1. The molecule has 1 heterocycles. The number of nitrogens with zero attached hydrogens (tertiary/aromatic N) is 2. The van der Waals surface area contributed by atoms with Gasteiger partial charge in [-0.2, -0.15) is 0 Å². The first-order valence-electron chi connectivity index (χ1n) is 7.77. The van der Waals surface area contributed by atoms with E-state index in [-0.39, 0.29) is 5.54 Å². The van der Waals surface area contributed by atoms with Crippen LogP contribution in [0.2, 0.25) is 0 Å². The van der Waals surface area contributed by atoms with Crippen molar-refractivity contribution in [2.24, 2.45) is 11.8 Å². The molecule has 3 nitrogen and oxygen atoms in total. The number of hydrogen-bond acceptors (Lipinski definition) is 3. The van der Waals surface area contributed by atoms with Crippen molar-refractivity contribution in [1.29, 1.82) is 0 Å². The Morgan fingerprint density at radius 1 is 1.21 bits per heavy atom. The Kier molecular flexibility index (Phi) is 5.84. The molecule has 0 aromatic rings. The molecule has 0 radical (unpaired) electrons. The number of likely N-dealkylation sites (N-methyl/N-ethyl adjacent to an activating group) is 1. The summed E-state index contributed by atoms with van der Waals surface area (Å²) in [5.74, 6) is 1.47. The summed E-state index contributed by atoms with van der Waals surface area (Å²) < 4.78 is 0. The van der Waals surface area contributed by atoms with Crippen LogP contribution in [0.15, 0.2) is 0 Å². The number of rotatable bonds is 5. The molecule has 0 saturated carbocycles. The van der Waals surface area contributed by atoms with Gasteiger partial charge in [0.25, 0.3) is 0 Å².